The Morgan fingerprint density at radius 3 is 2.90 bits per heavy atom. The van der Waals surface area contributed by atoms with Crippen LogP contribution in [0.2, 0.25) is 0 Å². The van der Waals surface area contributed by atoms with E-state index in [1.165, 1.54) is 25.5 Å². The van der Waals surface area contributed by atoms with Gasteiger partial charge in [-0.25, -0.2) is 0 Å². The van der Waals surface area contributed by atoms with Crippen LogP contribution in [0.25, 0.3) is 0 Å². The standard InChI is InChI=1S/C16H22N2O2/c1-16(2)11-6-5-10(13(16)8-11)9-18-15(20)12-4-3-7-17-14(12)19/h3-4,7,10-11,13H,5-6,8-9H2,1-2H3,(H,17,19)(H,18,20)/t10-,11-,13-/m0/s1. The zero-order valence-electron chi connectivity index (χ0n) is 12.1. The second-order valence-corrected chi connectivity index (χ2v) is 6.82. The van der Waals surface area contributed by atoms with Gasteiger partial charge in [0.1, 0.15) is 5.56 Å². The molecule has 0 radical (unpaired) electrons. The first kappa shape index (κ1) is 13.4. The van der Waals surface area contributed by atoms with E-state index < -0.39 is 0 Å². The van der Waals surface area contributed by atoms with Gasteiger partial charge in [-0.2, -0.15) is 0 Å². The van der Waals surface area contributed by atoms with Crippen LogP contribution in [0, 0.1) is 23.2 Å². The predicted octanol–water partition coefficient (Wildman–Crippen LogP) is 2.18. The molecule has 1 aromatic rings. The number of pyridine rings is 1. The molecular formula is C16H22N2O2. The van der Waals surface area contributed by atoms with E-state index in [1.807, 2.05) is 0 Å². The minimum atomic E-state index is -0.322. The molecule has 3 fully saturated rings. The summed E-state index contributed by atoms with van der Waals surface area (Å²) < 4.78 is 0. The summed E-state index contributed by atoms with van der Waals surface area (Å²) in [6, 6.07) is 3.24. The van der Waals surface area contributed by atoms with Crippen molar-refractivity contribution in [3.05, 3.63) is 34.2 Å². The highest BCUT2D eigenvalue weighted by Gasteiger charge is 2.53. The zero-order chi connectivity index (χ0) is 14.3. The molecule has 1 amide bonds. The molecule has 0 aliphatic heterocycles. The fourth-order valence-electron chi connectivity index (χ4n) is 4.13. The summed E-state index contributed by atoms with van der Waals surface area (Å²) in [6.07, 6.45) is 5.32. The molecule has 0 unspecified atom stereocenters. The average molecular weight is 274 g/mol. The number of aromatic amines is 1. The Morgan fingerprint density at radius 2 is 2.25 bits per heavy atom. The highest BCUT2D eigenvalue weighted by molar-refractivity contribution is 5.93. The van der Waals surface area contributed by atoms with E-state index >= 15 is 0 Å². The smallest absolute Gasteiger partial charge is 0.260 e. The van der Waals surface area contributed by atoms with Crippen LogP contribution in [0.1, 0.15) is 43.5 Å². The van der Waals surface area contributed by atoms with Gasteiger partial charge in [-0.1, -0.05) is 13.8 Å². The van der Waals surface area contributed by atoms with Crippen molar-refractivity contribution < 1.29 is 4.79 Å². The molecule has 2 bridgehead atoms. The normalized spacial score (nSPS) is 30.4. The maximum absolute atomic E-state index is 12.1. The van der Waals surface area contributed by atoms with Crippen molar-refractivity contribution in [3.63, 3.8) is 0 Å². The first-order valence-electron chi connectivity index (χ1n) is 7.46. The van der Waals surface area contributed by atoms with Gasteiger partial charge < -0.3 is 10.3 Å². The van der Waals surface area contributed by atoms with Crippen LogP contribution >= 0.6 is 0 Å². The Morgan fingerprint density at radius 1 is 1.45 bits per heavy atom. The molecule has 20 heavy (non-hydrogen) atoms. The minimum absolute atomic E-state index is 0.203. The Kier molecular flexibility index (Phi) is 3.19. The first-order valence-corrected chi connectivity index (χ1v) is 7.46. The van der Waals surface area contributed by atoms with Gasteiger partial charge in [0, 0.05) is 12.7 Å². The van der Waals surface area contributed by atoms with Crippen molar-refractivity contribution in [1.29, 1.82) is 0 Å². The molecule has 4 rings (SSSR count). The van der Waals surface area contributed by atoms with Crippen molar-refractivity contribution in [2.75, 3.05) is 6.54 Å². The highest BCUT2D eigenvalue weighted by Crippen LogP contribution is 2.61. The number of amides is 1. The van der Waals surface area contributed by atoms with E-state index in [2.05, 4.69) is 24.1 Å². The monoisotopic (exact) mass is 274 g/mol. The van der Waals surface area contributed by atoms with E-state index in [9.17, 15) is 9.59 Å². The fraction of sp³-hybridized carbons (Fsp3) is 0.625. The largest absolute Gasteiger partial charge is 0.352 e. The van der Waals surface area contributed by atoms with Gasteiger partial charge >= 0.3 is 0 Å². The topological polar surface area (TPSA) is 62.0 Å². The van der Waals surface area contributed by atoms with Gasteiger partial charge in [0.25, 0.3) is 11.5 Å². The van der Waals surface area contributed by atoms with Crippen molar-refractivity contribution in [1.82, 2.24) is 10.3 Å². The van der Waals surface area contributed by atoms with E-state index in [-0.39, 0.29) is 17.0 Å². The van der Waals surface area contributed by atoms with Crippen molar-refractivity contribution in [2.45, 2.75) is 33.1 Å². The predicted molar refractivity (Wildman–Crippen MR) is 77.5 cm³/mol. The van der Waals surface area contributed by atoms with Crippen LogP contribution in [0.3, 0.4) is 0 Å². The van der Waals surface area contributed by atoms with Gasteiger partial charge in [-0.3, -0.25) is 9.59 Å². The van der Waals surface area contributed by atoms with Crippen LogP contribution in [0.15, 0.2) is 23.1 Å². The van der Waals surface area contributed by atoms with Crippen molar-refractivity contribution in [2.24, 2.45) is 23.2 Å². The molecule has 3 atom stereocenters. The van der Waals surface area contributed by atoms with Gasteiger partial charge in [-0.15, -0.1) is 0 Å². The molecule has 0 spiro atoms. The molecule has 3 aliphatic carbocycles. The summed E-state index contributed by atoms with van der Waals surface area (Å²) in [6.45, 7) is 5.39. The molecule has 1 aromatic heterocycles. The van der Waals surface area contributed by atoms with Gasteiger partial charge in [0.05, 0.1) is 0 Å². The van der Waals surface area contributed by atoms with Gasteiger partial charge in [0.15, 0.2) is 0 Å². The maximum atomic E-state index is 12.1. The summed E-state index contributed by atoms with van der Waals surface area (Å²) in [5.74, 6) is 1.89. The summed E-state index contributed by atoms with van der Waals surface area (Å²) in [7, 11) is 0. The summed E-state index contributed by atoms with van der Waals surface area (Å²) in [4.78, 5) is 26.2. The highest BCUT2D eigenvalue weighted by atomic mass is 16.2. The number of H-pyrrole nitrogens is 1. The van der Waals surface area contributed by atoms with Gasteiger partial charge in [-0.05, 0) is 54.6 Å². The number of carbonyl (C=O) groups is 1. The van der Waals surface area contributed by atoms with Crippen LogP contribution in [-0.2, 0) is 0 Å². The van der Waals surface area contributed by atoms with E-state index in [1.54, 1.807) is 12.1 Å². The molecule has 2 N–H and O–H groups in total. The lowest BCUT2D eigenvalue weighted by atomic mass is 9.45. The summed E-state index contributed by atoms with van der Waals surface area (Å²) in [5, 5.41) is 2.94. The number of nitrogens with one attached hydrogen (secondary N) is 2. The molecule has 4 nitrogen and oxygen atoms in total. The molecule has 0 aromatic carbocycles. The lowest BCUT2D eigenvalue weighted by Gasteiger charge is -2.60. The number of hydrogen-bond donors (Lipinski definition) is 2. The Bertz CT molecular complexity index is 574. The third-order valence-corrected chi connectivity index (χ3v) is 5.59. The van der Waals surface area contributed by atoms with Crippen LogP contribution in [0.4, 0.5) is 0 Å². The second-order valence-electron chi connectivity index (χ2n) is 6.82. The van der Waals surface area contributed by atoms with Gasteiger partial charge in [0.2, 0.25) is 0 Å². The van der Waals surface area contributed by atoms with Crippen molar-refractivity contribution in [3.8, 4) is 0 Å². The number of aromatic nitrogens is 1. The van der Waals surface area contributed by atoms with Crippen LogP contribution < -0.4 is 10.9 Å². The SMILES string of the molecule is CC1(C)[C@H]2CC[C@@H](CNC(=O)c3ccc[nH]c3=O)[C@@H]1C2. The fourth-order valence-corrected chi connectivity index (χ4v) is 4.13. The number of fused-ring (bicyclic) bond motifs is 2. The van der Waals surface area contributed by atoms with E-state index in [4.69, 9.17) is 0 Å². The lowest BCUT2D eigenvalue weighted by molar-refractivity contribution is -0.103. The average Bonchev–Trinajstić information content (AvgIpc) is 2.45. The lowest BCUT2D eigenvalue weighted by Crippen LogP contribution is -2.54. The third kappa shape index (κ3) is 2.07. The third-order valence-electron chi connectivity index (χ3n) is 5.59. The molecule has 1 heterocycles. The van der Waals surface area contributed by atoms with E-state index in [0.717, 1.165) is 11.8 Å². The molecular weight excluding hydrogens is 252 g/mol. The minimum Gasteiger partial charge on any atom is -0.352 e. The quantitative estimate of drug-likeness (QED) is 0.887. The van der Waals surface area contributed by atoms with Crippen LogP contribution in [0.5, 0.6) is 0 Å². The summed E-state index contributed by atoms with van der Waals surface area (Å²) >= 11 is 0. The molecule has 108 valence electrons. The number of carbonyl (C=O) groups excluding carboxylic acids is 1. The Hall–Kier alpha value is -1.58. The van der Waals surface area contributed by atoms with E-state index in [0.29, 0.717) is 17.9 Å². The molecule has 3 aliphatic rings. The molecule has 0 saturated heterocycles. The number of hydrogen-bond acceptors (Lipinski definition) is 2. The second kappa shape index (κ2) is 4.76. The number of rotatable bonds is 3. The summed E-state index contributed by atoms with van der Waals surface area (Å²) in [5.41, 5.74) is 0.310. The first-order chi connectivity index (χ1) is 9.50. The maximum Gasteiger partial charge on any atom is 0.260 e. The molecule has 4 heteroatoms. The molecule has 3 saturated carbocycles. The van der Waals surface area contributed by atoms with Crippen molar-refractivity contribution >= 4 is 5.91 Å². The van der Waals surface area contributed by atoms with Crippen LogP contribution in [-0.4, -0.2) is 17.4 Å². The Balaban J connectivity index is 1.62. The Labute approximate surface area is 119 Å². The zero-order valence-corrected chi connectivity index (χ0v) is 12.1.